The number of carboxylic acids is 1. The fourth-order valence-corrected chi connectivity index (χ4v) is 4.51. The molecule has 1 amide bonds. The van der Waals surface area contributed by atoms with E-state index in [2.05, 4.69) is 5.32 Å². The molecule has 5 nitrogen and oxygen atoms in total. The summed E-state index contributed by atoms with van der Waals surface area (Å²) in [5.74, 6) is -0.342. The summed E-state index contributed by atoms with van der Waals surface area (Å²) >= 11 is 0. The van der Waals surface area contributed by atoms with Gasteiger partial charge in [-0.05, 0) is 85.4 Å². The second kappa shape index (κ2) is 7.06. The van der Waals surface area contributed by atoms with Crippen LogP contribution in [0.4, 0.5) is 5.69 Å². The Hall–Kier alpha value is -2.82. The summed E-state index contributed by atoms with van der Waals surface area (Å²) in [5.41, 5.74) is 5.41. The highest BCUT2D eigenvalue weighted by Gasteiger charge is 2.27. The first-order valence-corrected chi connectivity index (χ1v) is 9.45. The number of carboxylic acid groups (broad SMARTS) is 1. The lowest BCUT2D eigenvalue weighted by atomic mass is 9.73. The molecule has 0 fully saturated rings. The number of anilines is 1. The third-order valence-electron chi connectivity index (χ3n) is 5.71. The molecule has 2 N–H and O–H groups in total. The highest BCUT2D eigenvalue weighted by atomic mass is 16.5. The van der Waals surface area contributed by atoms with Crippen molar-refractivity contribution in [2.24, 2.45) is 0 Å². The number of methoxy groups -OCH3 is 1. The summed E-state index contributed by atoms with van der Waals surface area (Å²) in [6.45, 7) is 0. The number of benzene rings is 2. The van der Waals surface area contributed by atoms with E-state index >= 15 is 0 Å². The summed E-state index contributed by atoms with van der Waals surface area (Å²) in [4.78, 5) is 24.0. The van der Waals surface area contributed by atoms with Crippen LogP contribution >= 0.6 is 0 Å². The van der Waals surface area contributed by atoms with Crippen LogP contribution < -0.4 is 10.1 Å². The van der Waals surface area contributed by atoms with Crippen LogP contribution in [0.5, 0.6) is 5.75 Å². The Morgan fingerprint density at radius 3 is 2.33 bits per heavy atom. The van der Waals surface area contributed by atoms with Crippen molar-refractivity contribution in [1.82, 2.24) is 0 Å². The molecule has 2 aliphatic carbocycles. The van der Waals surface area contributed by atoms with Crippen molar-refractivity contribution >= 4 is 17.6 Å². The zero-order valence-corrected chi connectivity index (χ0v) is 15.4. The smallest absolute Gasteiger partial charge is 0.339 e. The summed E-state index contributed by atoms with van der Waals surface area (Å²) in [6, 6.07) is 8.64. The summed E-state index contributed by atoms with van der Waals surface area (Å²) in [5, 5.41) is 12.1. The monoisotopic (exact) mass is 365 g/mol. The van der Waals surface area contributed by atoms with E-state index in [0.29, 0.717) is 17.2 Å². The van der Waals surface area contributed by atoms with Gasteiger partial charge in [-0.15, -0.1) is 0 Å². The lowest BCUT2D eigenvalue weighted by Crippen LogP contribution is -2.20. The van der Waals surface area contributed by atoms with Crippen LogP contribution in [0.3, 0.4) is 0 Å². The van der Waals surface area contributed by atoms with Crippen molar-refractivity contribution < 1.29 is 19.4 Å². The maximum Gasteiger partial charge on any atom is 0.339 e. The first-order valence-electron chi connectivity index (χ1n) is 9.45. The molecule has 2 aromatic carbocycles. The van der Waals surface area contributed by atoms with Crippen LogP contribution in [-0.4, -0.2) is 24.1 Å². The fourth-order valence-electron chi connectivity index (χ4n) is 4.51. The summed E-state index contributed by atoms with van der Waals surface area (Å²) in [6.07, 6.45) is 7.00. The minimum atomic E-state index is -1.06. The van der Waals surface area contributed by atoms with Gasteiger partial charge >= 0.3 is 5.97 Å². The summed E-state index contributed by atoms with van der Waals surface area (Å²) < 4.78 is 5.13. The molecule has 0 heterocycles. The highest BCUT2D eigenvalue weighted by molar-refractivity contribution is 6.05. The largest absolute Gasteiger partial charge is 0.496 e. The lowest BCUT2D eigenvalue weighted by molar-refractivity contribution is 0.0693. The number of rotatable bonds is 4. The zero-order chi connectivity index (χ0) is 19.0. The van der Waals surface area contributed by atoms with Crippen LogP contribution in [0.15, 0.2) is 30.3 Å². The molecule has 0 unspecified atom stereocenters. The van der Waals surface area contributed by atoms with Gasteiger partial charge in [0.2, 0.25) is 0 Å². The number of aromatic carboxylic acids is 1. The second-order valence-corrected chi connectivity index (χ2v) is 7.36. The van der Waals surface area contributed by atoms with Crippen LogP contribution in [-0.2, 0) is 12.8 Å². The van der Waals surface area contributed by atoms with Gasteiger partial charge in [-0.1, -0.05) is 0 Å². The van der Waals surface area contributed by atoms with Gasteiger partial charge < -0.3 is 15.2 Å². The standard InChI is InChI=1S/C22H23NO4/c1-27-19-12-17(8-9-18(19)22(25)26)23-21(24)16-10-14-6-2-4-13-5-3-7-15(11-16)20(13)14/h8-13H,2-7H2,1H3,(H,23,24)(H,25,26). The molecular formula is C22H23NO4. The van der Waals surface area contributed by atoms with Gasteiger partial charge in [-0.2, -0.15) is 0 Å². The number of aryl methyl sites for hydroxylation is 2. The van der Waals surface area contributed by atoms with Crippen molar-refractivity contribution in [1.29, 1.82) is 0 Å². The van der Waals surface area contributed by atoms with Crippen LogP contribution in [0.1, 0.15) is 69.0 Å². The Kier molecular flexibility index (Phi) is 4.60. The number of hydrogen-bond donors (Lipinski definition) is 2. The number of amides is 1. The molecule has 0 atom stereocenters. The molecule has 0 bridgehead atoms. The van der Waals surface area contributed by atoms with Crippen molar-refractivity contribution in [2.75, 3.05) is 12.4 Å². The van der Waals surface area contributed by atoms with Crippen molar-refractivity contribution in [3.63, 3.8) is 0 Å². The Labute approximate surface area is 158 Å². The second-order valence-electron chi connectivity index (χ2n) is 7.36. The molecule has 2 aromatic rings. The average Bonchev–Trinajstić information content (AvgIpc) is 2.68. The Morgan fingerprint density at radius 1 is 1.07 bits per heavy atom. The molecule has 0 spiro atoms. The van der Waals surface area contributed by atoms with E-state index in [1.807, 2.05) is 12.1 Å². The number of hydrogen-bond acceptors (Lipinski definition) is 3. The maximum absolute atomic E-state index is 12.8. The summed E-state index contributed by atoms with van der Waals surface area (Å²) in [7, 11) is 1.41. The molecule has 0 saturated heterocycles. The van der Waals surface area contributed by atoms with Gasteiger partial charge in [0.15, 0.2) is 0 Å². The first kappa shape index (κ1) is 17.6. The van der Waals surface area contributed by atoms with E-state index < -0.39 is 5.97 Å². The molecule has 5 heteroatoms. The molecule has 0 saturated carbocycles. The maximum atomic E-state index is 12.8. The van der Waals surface area contributed by atoms with Crippen molar-refractivity contribution in [3.05, 3.63) is 58.1 Å². The molecule has 2 aliphatic rings. The number of carbonyl (C=O) groups excluding carboxylic acids is 1. The average molecular weight is 365 g/mol. The number of nitrogens with one attached hydrogen (secondary N) is 1. The predicted molar refractivity (Wildman–Crippen MR) is 103 cm³/mol. The van der Waals surface area contributed by atoms with Gasteiger partial charge in [0.05, 0.1) is 7.11 Å². The zero-order valence-electron chi connectivity index (χ0n) is 15.4. The van der Waals surface area contributed by atoms with Crippen molar-refractivity contribution in [3.8, 4) is 5.75 Å². The lowest BCUT2D eigenvalue weighted by Gasteiger charge is -2.32. The highest BCUT2D eigenvalue weighted by Crippen LogP contribution is 2.41. The quantitative estimate of drug-likeness (QED) is 0.842. The van der Waals surface area contributed by atoms with Gasteiger partial charge in [0.1, 0.15) is 11.3 Å². The third-order valence-corrected chi connectivity index (χ3v) is 5.71. The Balaban J connectivity index is 1.62. The van der Waals surface area contributed by atoms with Crippen LogP contribution in [0.2, 0.25) is 0 Å². The van der Waals surface area contributed by atoms with Crippen molar-refractivity contribution in [2.45, 2.75) is 44.4 Å². The van der Waals surface area contributed by atoms with E-state index in [1.165, 1.54) is 55.5 Å². The molecule has 0 aliphatic heterocycles. The van der Waals surface area contributed by atoms with E-state index in [1.54, 1.807) is 12.1 Å². The topological polar surface area (TPSA) is 75.6 Å². The normalized spacial score (nSPS) is 15.7. The Morgan fingerprint density at radius 2 is 1.74 bits per heavy atom. The van der Waals surface area contributed by atoms with Crippen LogP contribution in [0, 0.1) is 0 Å². The minimum Gasteiger partial charge on any atom is -0.496 e. The van der Waals surface area contributed by atoms with Gasteiger partial charge in [0, 0.05) is 17.3 Å². The number of ether oxygens (including phenoxy) is 1. The SMILES string of the molecule is COc1cc(NC(=O)c2cc3c4c(c2)CCCC4CCC3)ccc1C(=O)O. The Bertz CT molecular complexity index is 888. The van der Waals surface area contributed by atoms with Crippen LogP contribution in [0.25, 0.3) is 0 Å². The third kappa shape index (κ3) is 3.29. The fraction of sp³-hybridized carbons (Fsp3) is 0.364. The van der Waals surface area contributed by atoms with E-state index in [0.717, 1.165) is 12.8 Å². The van der Waals surface area contributed by atoms with Gasteiger partial charge in [0.25, 0.3) is 5.91 Å². The first-order chi connectivity index (χ1) is 13.1. The molecule has 4 rings (SSSR count). The molecular weight excluding hydrogens is 342 g/mol. The van der Waals surface area contributed by atoms with E-state index in [9.17, 15) is 14.7 Å². The van der Waals surface area contributed by atoms with Gasteiger partial charge in [-0.25, -0.2) is 4.79 Å². The van der Waals surface area contributed by atoms with Gasteiger partial charge in [-0.3, -0.25) is 4.79 Å². The van der Waals surface area contributed by atoms with E-state index in [-0.39, 0.29) is 17.2 Å². The molecule has 27 heavy (non-hydrogen) atoms. The molecule has 0 aromatic heterocycles. The molecule has 0 radical (unpaired) electrons. The minimum absolute atomic E-state index is 0.0692. The predicted octanol–water partition coefficient (Wildman–Crippen LogP) is 4.40. The van der Waals surface area contributed by atoms with E-state index in [4.69, 9.17) is 4.74 Å². The molecule has 140 valence electrons. The number of carbonyl (C=O) groups is 2.